The Hall–Kier alpha value is -0.590. The molecule has 0 bridgehead atoms. The molecule has 3 rings (SSSR count). The Morgan fingerprint density at radius 1 is 1.38 bits per heavy atom. The Balaban J connectivity index is 1.61. The Morgan fingerprint density at radius 2 is 2.33 bits per heavy atom. The zero-order valence-electron chi connectivity index (χ0n) is 12.9. The molecule has 2 aliphatic heterocycles. The van der Waals surface area contributed by atoms with Gasteiger partial charge in [-0.3, -0.25) is 0 Å². The first-order valence-electron chi connectivity index (χ1n) is 8.24. The lowest BCUT2D eigenvalue weighted by molar-refractivity contribution is 0.179. The number of fused-ring (bicyclic) bond motifs is 1. The largest absolute Gasteiger partial charge is 0.381 e. The number of nitrogens with zero attached hydrogens (tertiary/aromatic N) is 3. The molecule has 1 aromatic heterocycles. The van der Waals surface area contributed by atoms with E-state index in [9.17, 15) is 0 Å². The van der Waals surface area contributed by atoms with E-state index in [1.165, 1.54) is 31.5 Å². The van der Waals surface area contributed by atoms with Gasteiger partial charge in [0.05, 0.1) is 6.61 Å². The van der Waals surface area contributed by atoms with Crippen molar-refractivity contribution in [3.8, 4) is 0 Å². The van der Waals surface area contributed by atoms with Crippen molar-refractivity contribution in [2.45, 2.75) is 56.8 Å². The van der Waals surface area contributed by atoms with Gasteiger partial charge in [-0.05, 0) is 25.8 Å². The lowest BCUT2D eigenvalue weighted by atomic mass is 10.0. The number of nitrogens with one attached hydrogen (secondary N) is 1. The van der Waals surface area contributed by atoms with Crippen LogP contribution in [0, 0.1) is 5.92 Å². The van der Waals surface area contributed by atoms with E-state index in [-0.39, 0.29) is 0 Å². The van der Waals surface area contributed by atoms with E-state index >= 15 is 0 Å². The van der Waals surface area contributed by atoms with Crippen molar-refractivity contribution >= 4 is 11.8 Å². The van der Waals surface area contributed by atoms with E-state index in [2.05, 4.69) is 27.0 Å². The van der Waals surface area contributed by atoms with Gasteiger partial charge in [-0.25, -0.2) is 0 Å². The first-order valence-corrected chi connectivity index (χ1v) is 9.23. The number of aromatic nitrogens is 3. The smallest absolute Gasteiger partial charge is 0.191 e. The van der Waals surface area contributed by atoms with Crippen LogP contribution < -0.4 is 5.32 Å². The van der Waals surface area contributed by atoms with Crippen molar-refractivity contribution < 1.29 is 4.74 Å². The highest BCUT2D eigenvalue weighted by molar-refractivity contribution is 7.99. The first kappa shape index (κ1) is 15.3. The molecule has 1 saturated heterocycles. The minimum atomic E-state index is 0.515. The molecule has 1 fully saturated rings. The summed E-state index contributed by atoms with van der Waals surface area (Å²) >= 11 is 1.86. The van der Waals surface area contributed by atoms with Gasteiger partial charge in [-0.2, -0.15) is 0 Å². The third-order valence-corrected chi connectivity index (χ3v) is 5.55. The molecule has 6 heteroatoms. The zero-order chi connectivity index (χ0) is 14.5. The van der Waals surface area contributed by atoms with Crippen molar-refractivity contribution in [3.63, 3.8) is 0 Å². The van der Waals surface area contributed by atoms with Crippen LogP contribution in [0.5, 0.6) is 0 Å². The fraction of sp³-hybridized carbons (Fsp3) is 0.867. The summed E-state index contributed by atoms with van der Waals surface area (Å²) in [5.41, 5.74) is 0. The molecule has 2 aliphatic rings. The molecule has 0 aromatic carbocycles. The number of hydrogen-bond donors (Lipinski definition) is 1. The lowest BCUT2D eigenvalue weighted by Gasteiger charge is -2.22. The fourth-order valence-corrected chi connectivity index (χ4v) is 4.39. The highest BCUT2D eigenvalue weighted by Crippen LogP contribution is 2.25. The number of aryl methyl sites for hydroxylation is 1. The number of rotatable bonds is 6. The maximum atomic E-state index is 5.55. The van der Waals surface area contributed by atoms with E-state index < -0.39 is 0 Å². The van der Waals surface area contributed by atoms with Crippen LogP contribution in [0.15, 0.2) is 5.16 Å². The maximum absolute atomic E-state index is 5.55. The van der Waals surface area contributed by atoms with Crippen molar-refractivity contribution in [3.05, 3.63) is 5.82 Å². The van der Waals surface area contributed by atoms with Gasteiger partial charge in [0.2, 0.25) is 0 Å². The van der Waals surface area contributed by atoms with Crippen LogP contribution in [0.2, 0.25) is 0 Å². The molecule has 0 saturated carbocycles. The van der Waals surface area contributed by atoms with Crippen molar-refractivity contribution in [1.29, 1.82) is 0 Å². The van der Waals surface area contributed by atoms with Crippen molar-refractivity contribution in [1.82, 2.24) is 20.1 Å². The molecule has 2 unspecified atom stereocenters. The Morgan fingerprint density at radius 3 is 3.14 bits per heavy atom. The van der Waals surface area contributed by atoms with Gasteiger partial charge in [0.25, 0.3) is 0 Å². The van der Waals surface area contributed by atoms with Crippen LogP contribution in [0.4, 0.5) is 0 Å². The molecule has 1 N–H and O–H groups in total. The van der Waals surface area contributed by atoms with Gasteiger partial charge in [0.1, 0.15) is 5.82 Å². The third-order valence-electron chi connectivity index (χ3n) is 4.47. The Bertz CT molecular complexity index is 445. The highest BCUT2D eigenvalue weighted by Gasteiger charge is 2.26. The topological polar surface area (TPSA) is 52.0 Å². The summed E-state index contributed by atoms with van der Waals surface area (Å²) in [4.78, 5) is 0. The molecular formula is C15H26N4OS. The summed E-state index contributed by atoms with van der Waals surface area (Å²) < 4.78 is 7.89. The quantitative estimate of drug-likeness (QED) is 0.816. The van der Waals surface area contributed by atoms with Crippen LogP contribution in [-0.2, 0) is 17.7 Å². The molecule has 0 spiro atoms. The zero-order valence-corrected chi connectivity index (χ0v) is 13.7. The second kappa shape index (κ2) is 7.61. The van der Waals surface area contributed by atoms with Crippen LogP contribution in [0.3, 0.4) is 0 Å². The second-order valence-corrected chi connectivity index (χ2v) is 6.95. The maximum Gasteiger partial charge on any atom is 0.191 e. The second-order valence-electron chi connectivity index (χ2n) is 5.96. The molecule has 0 amide bonds. The standard InChI is InChI=1S/C15H26N4OS/c1-2-16-13(12-7-9-20-10-12)11-21-15-18-17-14-6-4-3-5-8-19(14)15/h12-13,16H,2-11H2,1H3. The van der Waals surface area contributed by atoms with Gasteiger partial charge in [-0.1, -0.05) is 25.1 Å². The molecule has 0 aliphatic carbocycles. The van der Waals surface area contributed by atoms with Crippen molar-refractivity contribution in [2.75, 3.05) is 25.5 Å². The normalized spacial score (nSPS) is 23.8. The molecule has 3 heterocycles. The van der Waals surface area contributed by atoms with E-state index in [0.717, 1.165) is 43.6 Å². The Kier molecular flexibility index (Phi) is 5.55. The third kappa shape index (κ3) is 3.79. The predicted octanol–water partition coefficient (Wildman–Crippen LogP) is 2.11. The number of thioether (sulfide) groups is 1. The summed E-state index contributed by atoms with van der Waals surface area (Å²) in [7, 11) is 0. The fourth-order valence-electron chi connectivity index (χ4n) is 3.22. The summed E-state index contributed by atoms with van der Waals surface area (Å²) in [6.45, 7) is 6.09. The average Bonchev–Trinajstić information content (AvgIpc) is 3.09. The molecule has 21 heavy (non-hydrogen) atoms. The SMILES string of the molecule is CCNC(CSc1nnc2n1CCCCC2)C1CCOC1. The van der Waals surface area contributed by atoms with E-state index in [0.29, 0.717) is 12.0 Å². The summed E-state index contributed by atoms with van der Waals surface area (Å²) in [5, 5.41) is 13.5. The highest BCUT2D eigenvalue weighted by atomic mass is 32.2. The Labute approximate surface area is 131 Å². The predicted molar refractivity (Wildman–Crippen MR) is 84.7 cm³/mol. The molecule has 0 radical (unpaired) electrons. The minimum Gasteiger partial charge on any atom is -0.381 e. The van der Waals surface area contributed by atoms with Gasteiger partial charge in [0, 0.05) is 37.3 Å². The van der Waals surface area contributed by atoms with Crippen molar-refractivity contribution in [2.24, 2.45) is 5.92 Å². The van der Waals surface area contributed by atoms with E-state index in [1.807, 2.05) is 11.8 Å². The molecule has 5 nitrogen and oxygen atoms in total. The molecule has 1 aromatic rings. The van der Waals surface area contributed by atoms with Crippen LogP contribution in [0.25, 0.3) is 0 Å². The lowest BCUT2D eigenvalue weighted by Crippen LogP contribution is -2.38. The van der Waals surface area contributed by atoms with Crippen LogP contribution >= 0.6 is 11.8 Å². The molecule has 2 atom stereocenters. The molecule has 118 valence electrons. The van der Waals surface area contributed by atoms with Gasteiger partial charge in [-0.15, -0.1) is 10.2 Å². The summed E-state index contributed by atoms with van der Waals surface area (Å²) in [6.07, 6.45) is 6.08. The van der Waals surface area contributed by atoms with Crippen LogP contribution in [0.1, 0.15) is 38.4 Å². The van der Waals surface area contributed by atoms with Gasteiger partial charge in [0.15, 0.2) is 5.16 Å². The van der Waals surface area contributed by atoms with Gasteiger partial charge < -0.3 is 14.6 Å². The number of hydrogen-bond acceptors (Lipinski definition) is 5. The average molecular weight is 310 g/mol. The number of ether oxygens (including phenoxy) is 1. The summed E-state index contributed by atoms with van der Waals surface area (Å²) in [6, 6.07) is 0.515. The van der Waals surface area contributed by atoms with E-state index in [1.54, 1.807) is 0 Å². The minimum absolute atomic E-state index is 0.515. The van der Waals surface area contributed by atoms with Gasteiger partial charge >= 0.3 is 0 Å². The summed E-state index contributed by atoms with van der Waals surface area (Å²) in [5.74, 6) is 2.88. The first-order chi connectivity index (χ1) is 10.4. The van der Waals surface area contributed by atoms with Crippen LogP contribution in [-0.4, -0.2) is 46.3 Å². The molecular weight excluding hydrogens is 284 g/mol. The monoisotopic (exact) mass is 310 g/mol. The van der Waals surface area contributed by atoms with E-state index in [4.69, 9.17) is 4.74 Å².